The van der Waals surface area contributed by atoms with Crippen LogP contribution in [0.1, 0.15) is 6.92 Å². The predicted octanol–water partition coefficient (Wildman–Crippen LogP) is -0.0949. The maximum absolute atomic E-state index is 10.1. The molecule has 0 aliphatic heterocycles. The fourth-order valence-electron chi connectivity index (χ4n) is 0.318. The van der Waals surface area contributed by atoms with Crippen LogP contribution in [0.25, 0.3) is 0 Å². The van der Waals surface area contributed by atoms with Gasteiger partial charge in [0.25, 0.3) is 10.1 Å². The van der Waals surface area contributed by atoms with E-state index < -0.39 is 21.8 Å². The van der Waals surface area contributed by atoms with Gasteiger partial charge in [-0.15, -0.1) is 0 Å². The van der Waals surface area contributed by atoms with Crippen molar-refractivity contribution in [3.63, 3.8) is 0 Å². The molecule has 0 aliphatic carbocycles. The van der Waals surface area contributed by atoms with Gasteiger partial charge in [-0.05, 0) is 6.92 Å². The first-order valence-electron chi connectivity index (χ1n) is 2.68. The standard InChI is InChI=1S/C5H8O5S/c1-4(5(6)7)2-3-11(8,9)10/h2H,3H2,1H3,(H,6,7)(H,8,9,10). The van der Waals surface area contributed by atoms with Crippen LogP contribution in [-0.4, -0.2) is 29.8 Å². The zero-order valence-corrected chi connectivity index (χ0v) is 6.63. The molecule has 0 aliphatic rings. The SMILES string of the molecule is CC(=CCS(=O)(=O)O)C(=O)O. The molecular formula is C5H8O5S. The van der Waals surface area contributed by atoms with E-state index in [2.05, 4.69) is 0 Å². The summed E-state index contributed by atoms with van der Waals surface area (Å²) in [5.41, 5.74) is -0.109. The van der Waals surface area contributed by atoms with E-state index in [1.807, 2.05) is 0 Å². The molecular weight excluding hydrogens is 172 g/mol. The molecule has 6 heteroatoms. The summed E-state index contributed by atoms with van der Waals surface area (Å²) in [7, 11) is -4.09. The number of rotatable bonds is 3. The summed E-state index contributed by atoms with van der Waals surface area (Å²) in [5, 5.41) is 8.23. The number of carbonyl (C=O) groups is 1. The van der Waals surface area contributed by atoms with Gasteiger partial charge in [-0.2, -0.15) is 8.42 Å². The van der Waals surface area contributed by atoms with Crippen molar-refractivity contribution >= 4 is 16.1 Å². The topological polar surface area (TPSA) is 91.7 Å². The van der Waals surface area contributed by atoms with Crippen molar-refractivity contribution in [1.82, 2.24) is 0 Å². The second-order valence-corrected chi connectivity index (χ2v) is 3.44. The molecule has 0 aromatic rings. The molecule has 0 saturated heterocycles. The van der Waals surface area contributed by atoms with Crippen molar-refractivity contribution < 1.29 is 22.9 Å². The number of carboxylic acids is 1. The van der Waals surface area contributed by atoms with Crippen molar-refractivity contribution in [3.8, 4) is 0 Å². The highest BCUT2D eigenvalue weighted by Crippen LogP contribution is 1.93. The van der Waals surface area contributed by atoms with Gasteiger partial charge in [-0.25, -0.2) is 4.79 Å². The highest BCUT2D eigenvalue weighted by Gasteiger charge is 2.04. The van der Waals surface area contributed by atoms with Crippen LogP contribution >= 0.6 is 0 Å². The van der Waals surface area contributed by atoms with Gasteiger partial charge in [0.15, 0.2) is 0 Å². The fourth-order valence-corrected chi connectivity index (χ4v) is 0.778. The molecule has 0 spiro atoms. The van der Waals surface area contributed by atoms with Crippen molar-refractivity contribution in [2.75, 3.05) is 5.75 Å². The third kappa shape index (κ3) is 5.56. The summed E-state index contributed by atoms with van der Waals surface area (Å²) in [4.78, 5) is 10.1. The Hall–Kier alpha value is -0.880. The zero-order chi connectivity index (χ0) is 9.07. The Bertz CT molecular complexity index is 273. The van der Waals surface area contributed by atoms with Gasteiger partial charge in [0, 0.05) is 5.57 Å². The van der Waals surface area contributed by atoms with Crippen molar-refractivity contribution in [1.29, 1.82) is 0 Å². The van der Waals surface area contributed by atoms with E-state index in [4.69, 9.17) is 9.66 Å². The van der Waals surface area contributed by atoms with Gasteiger partial charge in [0.2, 0.25) is 0 Å². The highest BCUT2D eigenvalue weighted by molar-refractivity contribution is 7.85. The first-order valence-corrected chi connectivity index (χ1v) is 4.29. The van der Waals surface area contributed by atoms with Crippen LogP contribution < -0.4 is 0 Å². The lowest BCUT2D eigenvalue weighted by atomic mass is 10.3. The summed E-state index contributed by atoms with van der Waals surface area (Å²) in [6.07, 6.45) is 0.928. The van der Waals surface area contributed by atoms with E-state index in [-0.39, 0.29) is 5.57 Å². The van der Waals surface area contributed by atoms with E-state index >= 15 is 0 Å². The number of aliphatic carboxylic acids is 1. The normalized spacial score (nSPS) is 13.1. The second-order valence-electron chi connectivity index (χ2n) is 1.94. The Morgan fingerprint density at radius 3 is 2.27 bits per heavy atom. The molecule has 11 heavy (non-hydrogen) atoms. The minimum absolute atomic E-state index is 0.109. The molecule has 0 aromatic heterocycles. The summed E-state index contributed by atoms with van der Waals surface area (Å²) in [5.74, 6) is -1.86. The van der Waals surface area contributed by atoms with Crippen LogP contribution in [0.4, 0.5) is 0 Å². The van der Waals surface area contributed by atoms with Gasteiger partial charge in [0.05, 0.1) is 5.75 Å². The lowest BCUT2D eigenvalue weighted by molar-refractivity contribution is -0.132. The first-order chi connectivity index (χ1) is 4.83. The largest absolute Gasteiger partial charge is 0.478 e. The Kier molecular flexibility index (Phi) is 3.21. The first kappa shape index (κ1) is 10.1. The van der Waals surface area contributed by atoms with E-state index in [0.717, 1.165) is 6.08 Å². The molecule has 2 N–H and O–H groups in total. The summed E-state index contributed by atoms with van der Waals surface area (Å²) < 4.78 is 28.3. The molecule has 0 fully saturated rings. The van der Waals surface area contributed by atoms with E-state index in [0.29, 0.717) is 0 Å². The Morgan fingerprint density at radius 1 is 1.55 bits per heavy atom. The van der Waals surface area contributed by atoms with Gasteiger partial charge in [-0.3, -0.25) is 4.55 Å². The van der Waals surface area contributed by atoms with Crippen molar-refractivity contribution in [2.24, 2.45) is 0 Å². The molecule has 0 radical (unpaired) electrons. The molecule has 0 amide bonds. The quantitative estimate of drug-likeness (QED) is 0.467. The van der Waals surface area contributed by atoms with Crippen molar-refractivity contribution in [3.05, 3.63) is 11.6 Å². The van der Waals surface area contributed by atoms with Crippen LogP contribution in [0.5, 0.6) is 0 Å². The molecule has 0 heterocycles. The van der Waals surface area contributed by atoms with Crippen LogP contribution in [0.3, 0.4) is 0 Å². The van der Waals surface area contributed by atoms with E-state index in [1.165, 1.54) is 6.92 Å². The molecule has 0 atom stereocenters. The van der Waals surface area contributed by atoms with Crippen molar-refractivity contribution in [2.45, 2.75) is 6.92 Å². The van der Waals surface area contributed by atoms with Crippen LogP contribution in [0, 0.1) is 0 Å². The predicted molar refractivity (Wildman–Crippen MR) is 37.8 cm³/mol. The van der Waals surface area contributed by atoms with E-state index in [1.54, 1.807) is 0 Å². The molecule has 0 bridgehead atoms. The molecule has 5 nitrogen and oxygen atoms in total. The molecule has 0 aromatic carbocycles. The molecule has 64 valence electrons. The summed E-state index contributed by atoms with van der Waals surface area (Å²) in [6, 6.07) is 0. The van der Waals surface area contributed by atoms with Crippen LogP contribution in [0.15, 0.2) is 11.6 Å². The summed E-state index contributed by atoms with van der Waals surface area (Å²) >= 11 is 0. The Morgan fingerprint density at radius 2 is 2.00 bits per heavy atom. The van der Waals surface area contributed by atoms with Gasteiger partial charge < -0.3 is 5.11 Å². The highest BCUT2D eigenvalue weighted by atomic mass is 32.2. The van der Waals surface area contributed by atoms with E-state index in [9.17, 15) is 13.2 Å². The molecule has 0 unspecified atom stereocenters. The van der Waals surface area contributed by atoms with Crippen LogP contribution in [0.2, 0.25) is 0 Å². The van der Waals surface area contributed by atoms with Gasteiger partial charge in [-0.1, -0.05) is 6.08 Å². The number of carboxylic acid groups (broad SMARTS) is 1. The van der Waals surface area contributed by atoms with Gasteiger partial charge in [0.1, 0.15) is 0 Å². The second kappa shape index (κ2) is 3.49. The maximum atomic E-state index is 10.1. The fraction of sp³-hybridized carbons (Fsp3) is 0.400. The smallest absolute Gasteiger partial charge is 0.330 e. The number of hydrogen-bond acceptors (Lipinski definition) is 3. The zero-order valence-electron chi connectivity index (χ0n) is 5.81. The molecule has 0 rings (SSSR count). The Labute approximate surface area is 64.1 Å². The maximum Gasteiger partial charge on any atom is 0.330 e. The average Bonchev–Trinajstić information content (AvgIpc) is 1.80. The Balaban J connectivity index is 4.27. The lowest BCUT2D eigenvalue weighted by Crippen LogP contribution is -2.04. The lowest BCUT2D eigenvalue weighted by Gasteiger charge is -1.91. The average molecular weight is 180 g/mol. The minimum atomic E-state index is -4.09. The molecule has 0 saturated carbocycles. The number of hydrogen-bond donors (Lipinski definition) is 2. The monoisotopic (exact) mass is 180 g/mol. The third-order valence-corrected chi connectivity index (χ3v) is 1.53. The third-order valence-electron chi connectivity index (χ3n) is 0.937. The van der Waals surface area contributed by atoms with Crippen LogP contribution in [-0.2, 0) is 14.9 Å². The van der Waals surface area contributed by atoms with Gasteiger partial charge >= 0.3 is 5.97 Å². The summed E-state index contributed by atoms with van der Waals surface area (Å²) in [6.45, 7) is 1.24. The minimum Gasteiger partial charge on any atom is -0.478 e.